The fourth-order valence-corrected chi connectivity index (χ4v) is 1.42. The molecule has 0 aliphatic rings. The molecule has 5 N–H and O–H groups in total. The molecule has 0 fully saturated rings. The summed E-state index contributed by atoms with van der Waals surface area (Å²) in [6, 6.07) is 0. The van der Waals surface area contributed by atoms with E-state index in [2.05, 4.69) is 18.6 Å². The quantitative estimate of drug-likeness (QED) is 0.306. The minimum Gasteiger partial charge on any atom is -0.396 e. The molecule has 0 amide bonds. The van der Waals surface area contributed by atoms with Crippen LogP contribution in [0, 0.1) is 0 Å². The number of hydrogen-bond donors (Lipinski definition) is 3. The minimum absolute atomic E-state index is 0.371. The number of aliphatic hydroxyl groups excluding tert-OH is 1. The van der Waals surface area contributed by atoms with Gasteiger partial charge in [-0.3, -0.25) is 11.7 Å². The molecular formula is C11H28N2O. The van der Waals surface area contributed by atoms with Gasteiger partial charge in [0.1, 0.15) is 0 Å². The van der Waals surface area contributed by atoms with E-state index in [1.54, 1.807) is 0 Å². The Hall–Kier alpha value is -0.120. The molecule has 3 heteroatoms. The third kappa shape index (κ3) is 17.8. The van der Waals surface area contributed by atoms with Crippen molar-refractivity contribution in [2.24, 2.45) is 11.7 Å². The lowest BCUT2D eigenvalue weighted by molar-refractivity contribution is 0.282. The Morgan fingerprint density at radius 3 is 1.43 bits per heavy atom. The Bertz CT molecular complexity index is 69.7. The normalized spacial score (nSPS) is 9.43. The van der Waals surface area contributed by atoms with Crippen LogP contribution in [0.5, 0.6) is 0 Å². The lowest BCUT2D eigenvalue weighted by Crippen LogP contribution is -2.02. The van der Waals surface area contributed by atoms with Gasteiger partial charge < -0.3 is 5.11 Å². The van der Waals surface area contributed by atoms with Crippen LogP contribution in [0.1, 0.15) is 64.7 Å². The van der Waals surface area contributed by atoms with Crippen LogP contribution in [0.2, 0.25) is 0 Å². The average Bonchev–Trinajstić information content (AvgIpc) is 2.25. The van der Waals surface area contributed by atoms with E-state index >= 15 is 0 Å². The third-order valence-corrected chi connectivity index (χ3v) is 2.26. The summed E-state index contributed by atoms with van der Waals surface area (Å²) in [5.41, 5.74) is 0. The highest BCUT2D eigenvalue weighted by molar-refractivity contribution is 4.45. The summed E-state index contributed by atoms with van der Waals surface area (Å²) in [4.78, 5) is 0. The molecule has 14 heavy (non-hydrogen) atoms. The van der Waals surface area contributed by atoms with Gasteiger partial charge in [-0.25, -0.2) is 0 Å². The van der Waals surface area contributed by atoms with Crippen molar-refractivity contribution in [3.63, 3.8) is 0 Å². The molecule has 0 aromatic carbocycles. The monoisotopic (exact) mass is 204 g/mol. The SMILES string of the molecule is CCCCCCCCCCCO.NN. The molecule has 0 aliphatic carbocycles. The molecule has 0 saturated heterocycles. The highest BCUT2D eigenvalue weighted by Gasteiger charge is 1.90. The Kier molecular flexibility index (Phi) is 21.7. The Balaban J connectivity index is 0. The second kappa shape index (κ2) is 18.6. The van der Waals surface area contributed by atoms with Crippen LogP contribution in [0.15, 0.2) is 0 Å². The first-order valence-corrected chi connectivity index (χ1v) is 5.86. The number of nitrogens with two attached hydrogens (primary N) is 2. The molecule has 0 radical (unpaired) electrons. The zero-order chi connectivity index (χ0) is 11.1. The van der Waals surface area contributed by atoms with Crippen LogP contribution in [0.4, 0.5) is 0 Å². The molecule has 0 rings (SSSR count). The van der Waals surface area contributed by atoms with Crippen molar-refractivity contribution < 1.29 is 5.11 Å². The topological polar surface area (TPSA) is 72.3 Å². The molecule has 0 aromatic rings. The molecule has 0 aliphatic heterocycles. The summed E-state index contributed by atoms with van der Waals surface area (Å²) in [5.74, 6) is 8.00. The van der Waals surface area contributed by atoms with Crippen molar-refractivity contribution in [3.8, 4) is 0 Å². The summed E-state index contributed by atoms with van der Waals surface area (Å²) in [7, 11) is 0. The predicted octanol–water partition coefficient (Wildman–Crippen LogP) is 2.33. The van der Waals surface area contributed by atoms with Gasteiger partial charge in [-0.2, -0.15) is 0 Å². The summed E-state index contributed by atoms with van der Waals surface area (Å²) >= 11 is 0. The smallest absolute Gasteiger partial charge is 0.0431 e. The number of hydrogen-bond acceptors (Lipinski definition) is 3. The van der Waals surface area contributed by atoms with Crippen LogP contribution in [0.3, 0.4) is 0 Å². The van der Waals surface area contributed by atoms with E-state index in [0.29, 0.717) is 6.61 Å². The van der Waals surface area contributed by atoms with Crippen molar-refractivity contribution >= 4 is 0 Å². The van der Waals surface area contributed by atoms with E-state index < -0.39 is 0 Å². The first-order valence-electron chi connectivity index (χ1n) is 5.86. The van der Waals surface area contributed by atoms with Crippen molar-refractivity contribution in [1.29, 1.82) is 0 Å². The average molecular weight is 204 g/mol. The standard InChI is InChI=1S/C11H24O.H4N2/c1-2-3-4-5-6-7-8-9-10-11-12;1-2/h12H,2-11H2,1H3;1-2H2. The third-order valence-electron chi connectivity index (χ3n) is 2.26. The maximum atomic E-state index is 8.54. The van der Waals surface area contributed by atoms with E-state index in [-0.39, 0.29) is 0 Å². The second-order valence-corrected chi connectivity index (χ2v) is 3.55. The largest absolute Gasteiger partial charge is 0.396 e. The van der Waals surface area contributed by atoms with Crippen molar-refractivity contribution in [2.45, 2.75) is 64.7 Å². The van der Waals surface area contributed by atoms with Gasteiger partial charge in [0.2, 0.25) is 0 Å². The summed E-state index contributed by atoms with van der Waals surface area (Å²) in [5, 5.41) is 8.54. The molecule has 0 aromatic heterocycles. The minimum atomic E-state index is 0.371. The zero-order valence-electron chi connectivity index (χ0n) is 9.67. The van der Waals surface area contributed by atoms with Gasteiger partial charge in [-0.15, -0.1) is 0 Å². The van der Waals surface area contributed by atoms with E-state index in [1.807, 2.05) is 0 Å². The lowest BCUT2D eigenvalue weighted by Gasteiger charge is -1.99. The molecule has 0 saturated carbocycles. The van der Waals surface area contributed by atoms with Gasteiger partial charge in [0.05, 0.1) is 0 Å². The molecule has 0 bridgehead atoms. The number of unbranched alkanes of at least 4 members (excludes halogenated alkanes) is 8. The summed E-state index contributed by atoms with van der Waals surface area (Å²) in [6.45, 7) is 2.62. The van der Waals surface area contributed by atoms with Crippen LogP contribution in [0.25, 0.3) is 0 Å². The Morgan fingerprint density at radius 1 is 0.714 bits per heavy atom. The van der Waals surface area contributed by atoms with Crippen LogP contribution < -0.4 is 11.7 Å². The summed E-state index contributed by atoms with van der Waals surface area (Å²) in [6.07, 6.45) is 11.8. The van der Waals surface area contributed by atoms with E-state index in [4.69, 9.17) is 5.11 Å². The molecular weight excluding hydrogens is 176 g/mol. The van der Waals surface area contributed by atoms with Crippen LogP contribution >= 0.6 is 0 Å². The second-order valence-electron chi connectivity index (χ2n) is 3.55. The van der Waals surface area contributed by atoms with Gasteiger partial charge in [-0.05, 0) is 6.42 Å². The molecule has 0 unspecified atom stereocenters. The number of hydrazine groups is 1. The van der Waals surface area contributed by atoms with E-state index in [9.17, 15) is 0 Å². The van der Waals surface area contributed by atoms with E-state index in [1.165, 1.54) is 51.4 Å². The van der Waals surface area contributed by atoms with E-state index in [0.717, 1.165) is 6.42 Å². The fraction of sp³-hybridized carbons (Fsp3) is 1.00. The number of aliphatic hydroxyl groups is 1. The molecule has 88 valence electrons. The molecule has 0 atom stereocenters. The van der Waals surface area contributed by atoms with Crippen molar-refractivity contribution in [3.05, 3.63) is 0 Å². The molecule has 0 spiro atoms. The number of rotatable bonds is 9. The predicted molar refractivity (Wildman–Crippen MR) is 62.7 cm³/mol. The van der Waals surface area contributed by atoms with Gasteiger partial charge in [0, 0.05) is 6.61 Å². The highest BCUT2D eigenvalue weighted by Crippen LogP contribution is 2.08. The first kappa shape index (κ1) is 16.3. The Morgan fingerprint density at radius 2 is 1.07 bits per heavy atom. The molecule has 0 heterocycles. The Labute approximate surface area is 88.8 Å². The van der Waals surface area contributed by atoms with Gasteiger partial charge in [-0.1, -0.05) is 58.3 Å². The van der Waals surface area contributed by atoms with Crippen molar-refractivity contribution in [2.75, 3.05) is 6.61 Å². The van der Waals surface area contributed by atoms with Gasteiger partial charge >= 0.3 is 0 Å². The fourth-order valence-electron chi connectivity index (χ4n) is 1.42. The lowest BCUT2D eigenvalue weighted by atomic mass is 10.1. The molecule has 3 nitrogen and oxygen atoms in total. The summed E-state index contributed by atoms with van der Waals surface area (Å²) < 4.78 is 0. The van der Waals surface area contributed by atoms with Gasteiger partial charge in [0.25, 0.3) is 0 Å². The maximum Gasteiger partial charge on any atom is 0.0431 e. The van der Waals surface area contributed by atoms with Gasteiger partial charge in [0.15, 0.2) is 0 Å². The van der Waals surface area contributed by atoms with Crippen LogP contribution in [-0.2, 0) is 0 Å². The highest BCUT2D eigenvalue weighted by atomic mass is 16.2. The van der Waals surface area contributed by atoms with Crippen LogP contribution in [-0.4, -0.2) is 11.7 Å². The maximum absolute atomic E-state index is 8.54. The van der Waals surface area contributed by atoms with Crippen molar-refractivity contribution in [1.82, 2.24) is 0 Å². The first-order chi connectivity index (χ1) is 6.91. The zero-order valence-corrected chi connectivity index (χ0v) is 9.67.